The fourth-order valence-electron chi connectivity index (χ4n) is 1.76. The van der Waals surface area contributed by atoms with Gasteiger partial charge in [-0.05, 0) is 37.1 Å². The van der Waals surface area contributed by atoms with Crippen LogP contribution >= 0.6 is 0 Å². The van der Waals surface area contributed by atoms with Crippen molar-refractivity contribution in [3.05, 3.63) is 30.1 Å². The van der Waals surface area contributed by atoms with E-state index in [2.05, 4.69) is 0 Å². The summed E-state index contributed by atoms with van der Waals surface area (Å²) in [6.45, 7) is 6.37. The molecule has 0 saturated heterocycles. The normalized spacial score (nSPS) is 14.1. The number of hydrogen-bond donors (Lipinski definition) is 1. The van der Waals surface area contributed by atoms with E-state index >= 15 is 0 Å². The molecule has 1 aromatic carbocycles. The summed E-state index contributed by atoms with van der Waals surface area (Å²) in [4.78, 5) is 13.9. The molecule has 2 N–H and O–H groups in total. The van der Waals surface area contributed by atoms with Gasteiger partial charge in [0.1, 0.15) is 5.82 Å². The molecule has 1 rings (SSSR count). The van der Waals surface area contributed by atoms with Crippen molar-refractivity contribution >= 4 is 11.6 Å². The number of likely N-dealkylation sites (N-methyl/N-ethyl adjacent to an activating group) is 1. The summed E-state index contributed by atoms with van der Waals surface area (Å²) in [7, 11) is 0. The molecule has 1 amide bonds. The van der Waals surface area contributed by atoms with Crippen LogP contribution < -0.4 is 10.6 Å². The van der Waals surface area contributed by atoms with Crippen molar-refractivity contribution in [3.63, 3.8) is 0 Å². The fourth-order valence-corrected chi connectivity index (χ4v) is 1.76. The first-order valence-corrected chi connectivity index (χ1v) is 6.33. The number of carbonyl (C=O) groups is 1. The van der Waals surface area contributed by atoms with Crippen molar-refractivity contribution in [3.8, 4) is 0 Å². The van der Waals surface area contributed by atoms with Gasteiger partial charge in [-0.25, -0.2) is 4.39 Å². The number of carbonyl (C=O) groups excluding carboxylic acids is 1. The van der Waals surface area contributed by atoms with E-state index in [0.717, 1.165) is 6.42 Å². The van der Waals surface area contributed by atoms with Crippen LogP contribution in [0.25, 0.3) is 0 Å². The lowest BCUT2D eigenvalue weighted by molar-refractivity contribution is -0.120. The Bertz CT molecular complexity index is 391. The van der Waals surface area contributed by atoms with Crippen LogP contribution in [-0.4, -0.2) is 18.5 Å². The summed E-state index contributed by atoms with van der Waals surface area (Å²) in [5.74, 6) is -0.293. The Morgan fingerprint density at radius 2 is 1.89 bits per heavy atom. The van der Waals surface area contributed by atoms with Gasteiger partial charge < -0.3 is 10.6 Å². The second kappa shape index (κ2) is 6.50. The predicted octanol–water partition coefficient (Wildman–Crippen LogP) is 2.55. The molecule has 0 spiro atoms. The van der Waals surface area contributed by atoms with Gasteiger partial charge in [-0.15, -0.1) is 0 Å². The minimum absolute atomic E-state index is 0.113. The third-order valence-electron chi connectivity index (χ3n) is 3.26. The molecule has 3 nitrogen and oxygen atoms in total. The molecule has 100 valence electrons. The van der Waals surface area contributed by atoms with E-state index in [1.165, 1.54) is 12.1 Å². The molecule has 0 saturated carbocycles. The third kappa shape index (κ3) is 3.29. The van der Waals surface area contributed by atoms with E-state index in [-0.39, 0.29) is 17.6 Å². The van der Waals surface area contributed by atoms with Crippen molar-refractivity contribution in [2.75, 3.05) is 11.4 Å². The molecule has 1 aromatic rings. The van der Waals surface area contributed by atoms with E-state index in [1.807, 2.05) is 20.8 Å². The maximum absolute atomic E-state index is 12.9. The fraction of sp³-hybridized carbons (Fsp3) is 0.500. The van der Waals surface area contributed by atoms with Crippen molar-refractivity contribution in [1.29, 1.82) is 0 Å². The second-order valence-corrected chi connectivity index (χ2v) is 4.47. The molecular weight excluding hydrogens is 231 g/mol. The summed E-state index contributed by atoms with van der Waals surface area (Å²) in [6.07, 6.45) is 0.855. The van der Waals surface area contributed by atoms with Gasteiger partial charge in [0.25, 0.3) is 0 Å². The van der Waals surface area contributed by atoms with Gasteiger partial charge in [0.2, 0.25) is 5.91 Å². The lowest BCUT2D eigenvalue weighted by Gasteiger charge is -2.27. The quantitative estimate of drug-likeness (QED) is 0.875. The Morgan fingerprint density at radius 3 is 2.33 bits per heavy atom. The Morgan fingerprint density at radius 1 is 1.33 bits per heavy atom. The first kappa shape index (κ1) is 14.6. The minimum Gasteiger partial charge on any atom is -0.320 e. The Kier molecular flexibility index (Phi) is 5.28. The molecule has 0 aliphatic carbocycles. The number of rotatable bonds is 5. The number of anilines is 1. The molecule has 4 heteroatoms. The lowest BCUT2D eigenvalue weighted by atomic mass is 9.98. The van der Waals surface area contributed by atoms with Gasteiger partial charge in [0, 0.05) is 12.2 Å². The smallest absolute Gasteiger partial charge is 0.244 e. The summed E-state index contributed by atoms with van der Waals surface area (Å²) < 4.78 is 12.9. The Balaban J connectivity index is 2.89. The molecule has 0 radical (unpaired) electrons. The van der Waals surface area contributed by atoms with Crippen molar-refractivity contribution < 1.29 is 9.18 Å². The van der Waals surface area contributed by atoms with Crippen LogP contribution in [0.4, 0.5) is 10.1 Å². The standard InChI is InChI=1S/C14H21FN2O/c1-4-10(3)13(16)14(18)17(5-2)12-8-6-11(15)7-9-12/h6-10,13H,4-5,16H2,1-3H3/t10-,13-/m0/s1. The lowest BCUT2D eigenvalue weighted by Crippen LogP contribution is -2.47. The van der Waals surface area contributed by atoms with Gasteiger partial charge >= 0.3 is 0 Å². The number of nitrogens with zero attached hydrogens (tertiary/aromatic N) is 1. The zero-order valence-electron chi connectivity index (χ0n) is 11.2. The SMILES string of the molecule is CC[C@H](C)[C@H](N)C(=O)N(CC)c1ccc(F)cc1. The first-order chi connectivity index (χ1) is 8.51. The number of nitrogens with two attached hydrogens (primary N) is 1. The maximum Gasteiger partial charge on any atom is 0.244 e. The molecule has 0 bridgehead atoms. The molecule has 0 aliphatic rings. The minimum atomic E-state index is -0.514. The van der Waals surface area contributed by atoms with E-state index in [1.54, 1.807) is 17.0 Å². The van der Waals surface area contributed by atoms with Gasteiger partial charge in [0.15, 0.2) is 0 Å². The van der Waals surface area contributed by atoms with Crippen LogP contribution in [0.15, 0.2) is 24.3 Å². The number of hydrogen-bond acceptors (Lipinski definition) is 2. The van der Waals surface area contributed by atoms with Crippen LogP contribution in [0.3, 0.4) is 0 Å². The monoisotopic (exact) mass is 252 g/mol. The third-order valence-corrected chi connectivity index (χ3v) is 3.26. The van der Waals surface area contributed by atoms with Crippen LogP contribution in [-0.2, 0) is 4.79 Å². The largest absolute Gasteiger partial charge is 0.320 e. The van der Waals surface area contributed by atoms with Crippen LogP contribution in [0.1, 0.15) is 27.2 Å². The number of amides is 1. The maximum atomic E-state index is 12.9. The van der Waals surface area contributed by atoms with Gasteiger partial charge in [-0.3, -0.25) is 4.79 Å². The Hall–Kier alpha value is -1.42. The van der Waals surface area contributed by atoms with E-state index in [9.17, 15) is 9.18 Å². The molecule has 0 aromatic heterocycles. The van der Waals surface area contributed by atoms with Crippen LogP contribution in [0.5, 0.6) is 0 Å². The number of halogens is 1. The second-order valence-electron chi connectivity index (χ2n) is 4.47. The molecule has 2 atom stereocenters. The first-order valence-electron chi connectivity index (χ1n) is 6.33. The highest BCUT2D eigenvalue weighted by Crippen LogP contribution is 2.17. The van der Waals surface area contributed by atoms with Gasteiger partial charge in [-0.2, -0.15) is 0 Å². The van der Waals surface area contributed by atoms with E-state index < -0.39 is 6.04 Å². The van der Waals surface area contributed by atoms with Crippen molar-refractivity contribution in [2.24, 2.45) is 11.7 Å². The molecular formula is C14H21FN2O. The molecule has 0 fully saturated rings. The number of benzene rings is 1. The zero-order chi connectivity index (χ0) is 13.7. The van der Waals surface area contributed by atoms with E-state index in [0.29, 0.717) is 12.2 Å². The summed E-state index contributed by atoms with van der Waals surface area (Å²) >= 11 is 0. The summed E-state index contributed by atoms with van der Waals surface area (Å²) in [5, 5.41) is 0. The average molecular weight is 252 g/mol. The van der Waals surface area contributed by atoms with Crippen LogP contribution in [0, 0.1) is 11.7 Å². The highest BCUT2D eigenvalue weighted by atomic mass is 19.1. The molecule has 0 aliphatic heterocycles. The predicted molar refractivity (Wildman–Crippen MR) is 71.9 cm³/mol. The van der Waals surface area contributed by atoms with Gasteiger partial charge in [-0.1, -0.05) is 20.3 Å². The van der Waals surface area contributed by atoms with Gasteiger partial charge in [0.05, 0.1) is 6.04 Å². The topological polar surface area (TPSA) is 46.3 Å². The molecule has 0 unspecified atom stereocenters. The van der Waals surface area contributed by atoms with Crippen molar-refractivity contribution in [2.45, 2.75) is 33.2 Å². The average Bonchev–Trinajstić information content (AvgIpc) is 2.39. The van der Waals surface area contributed by atoms with Crippen molar-refractivity contribution in [1.82, 2.24) is 0 Å². The zero-order valence-corrected chi connectivity index (χ0v) is 11.2. The molecule has 18 heavy (non-hydrogen) atoms. The summed E-state index contributed by atoms with van der Waals surface area (Å²) in [6, 6.07) is 5.38. The highest BCUT2D eigenvalue weighted by molar-refractivity contribution is 5.97. The highest BCUT2D eigenvalue weighted by Gasteiger charge is 2.24. The van der Waals surface area contributed by atoms with Crippen LogP contribution in [0.2, 0.25) is 0 Å². The van der Waals surface area contributed by atoms with E-state index in [4.69, 9.17) is 5.73 Å². The molecule has 0 heterocycles. The summed E-state index contributed by atoms with van der Waals surface area (Å²) in [5.41, 5.74) is 6.63. The Labute approximate surface area is 108 Å².